The smallest absolute Gasteiger partial charge is 0.119 e. The van der Waals surface area contributed by atoms with Crippen molar-refractivity contribution >= 4 is 12.4 Å². The molecule has 1 atom stereocenters. The lowest BCUT2D eigenvalue weighted by molar-refractivity contribution is 0.00326. The third-order valence-electron chi connectivity index (χ3n) is 4.84. The summed E-state index contributed by atoms with van der Waals surface area (Å²) >= 11 is 0. The highest BCUT2D eigenvalue weighted by atomic mass is 35.5. The van der Waals surface area contributed by atoms with Crippen LogP contribution < -0.4 is 4.74 Å². The molecule has 1 N–H and O–H groups in total. The minimum Gasteiger partial charge on any atom is -0.491 e. The molecule has 1 saturated carbocycles. The lowest BCUT2D eigenvalue weighted by Crippen LogP contribution is -2.40. The van der Waals surface area contributed by atoms with Crippen LogP contribution >= 0.6 is 12.4 Å². The van der Waals surface area contributed by atoms with E-state index in [1.807, 2.05) is 12.1 Å². The largest absolute Gasteiger partial charge is 0.491 e. The highest BCUT2D eigenvalue weighted by Crippen LogP contribution is 2.21. The SMILES string of the molecule is CCc1ccc(OCCOCC(O)CN(C)C2CCCCC2)cc1.Cl. The van der Waals surface area contributed by atoms with E-state index in [-0.39, 0.29) is 12.4 Å². The summed E-state index contributed by atoms with van der Waals surface area (Å²) in [7, 11) is 2.11. The van der Waals surface area contributed by atoms with Crippen LogP contribution in [0.2, 0.25) is 0 Å². The van der Waals surface area contributed by atoms with Gasteiger partial charge >= 0.3 is 0 Å². The van der Waals surface area contributed by atoms with E-state index in [2.05, 4.69) is 31.0 Å². The van der Waals surface area contributed by atoms with Gasteiger partial charge in [-0.2, -0.15) is 0 Å². The van der Waals surface area contributed by atoms with Crippen LogP contribution in [-0.2, 0) is 11.2 Å². The Hall–Kier alpha value is -0.810. The van der Waals surface area contributed by atoms with E-state index in [9.17, 15) is 5.11 Å². The Morgan fingerprint density at radius 2 is 1.80 bits per heavy atom. The van der Waals surface area contributed by atoms with E-state index in [1.54, 1.807) is 0 Å². The molecule has 0 radical (unpaired) electrons. The van der Waals surface area contributed by atoms with E-state index < -0.39 is 6.10 Å². The molecular formula is C20H34ClNO3. The number of rotatable bonds is 10. The molecule has 1 unspecified atom stereocenters. The van der Waals surface area contributed by atoms with E-state index in [1.165, 1.54) is 37.7 Å². The maximum Gasteiger partial charge on any atom is 0.119 e. The summed E-state index contributed by atoms with van der Waals surface area (Å²) in [5.41, 5.74) is 1.31. The molecule has 2 rings (SSSR count). The lowest BCUT2D eigenvalue weighted by atomic mass is 9.94. The number of likely N-dealkylation sites (N-methyl/N-ethyl adjacent to an activating group) is 1. The zero-order valence-corrected chi connectivity index (χ0v) is 16.5. The molecule has 144 valence electrons. The first kappa shape index (κ1) is 22.2. The number of aliphatic hydroxyl groups is 1. The van der Waals surface area contributed by atoms with Crippen molar-refractivity contribution in [2.45, 2.75) is 57.6 Å². The van der Waals surface area contributed by atoms with Crippen LogP contribution in [0.15, 0.2) is 24.3 Å². The van der Waals surface area contributed by atoms with Gasteiger partial charge in [0.2, 0.25) is 0 Å². The van der Waals surface area contributed by atoms with Crippen molar-refractivity contribution in [3.8, 4) is 5.75 Å². The summed E-state index contributed by atoms with van der Waals surface area (Å²) in [6.07, 6.45) is 7.12. The number of ether oxygens (including phenoxy) is 2. The molecule has 0 heterocycles. The number of halogens is 1. The highest BCUT2D eigenvalue weighted by molar-refractivity contribution is 5.85. The lowest BCUT2D eigenvalue weighted by Gasteiger charge is -2.32. The molecule has 1 aliphatic carbocycles. The summed E-state index contributed by atoms with van der Waals surface area (Å²) in [6, 6.07) is 8.78. The van der Waals surface area contributed by atoms with Crippen molar-refractivity contribution in [1.29, 1.82) is 0 Å². The van der Waals surface area contributed by atoms with Crippen molar-refractivity contribution in [2.24, 2.45) is 0 Å². The van der Waals surface area contributed by atoms with Gasteiger partial charge in [0.1, 0.15) is 12.4 Å². The van der Waals surface area contributed by atoms with Gasteiger partial charge in [0, 0.05) is 12.6 Å². The van der Waals surface area contributed by atoms with Gasteiger partial charge in [0.05, 0.1) is 19.3 Å². The van der Waals surface area contributed by atoms with Crippen LogP contribution in [0.5, 0.6) is 5.75 Å². The molecule has 5 heteroatoms. The first-order valence-corrected chi connectivity index (χ1v) is 9.37. The van der Waals surface area contributed by atoms with E-state index in [4.69, 9.17) is 9.47 Å². The first-order valence-electron chi connectivity index (χ1n) is 9.37. The normalized spacial score (nSPS) is 16.5. The minimum absolute atomic E-state index is 0. The predicted molar refractivity (Wildman–Crippen MR) is 105 cm³/mol. The van der Waals surface area contributed by atoms with E-state index in [0.29, 0.717) is 32.4 Å². The molecule has 0 saturated heterocycles. The number of hydrogen-bond donors (Lipinski definition) is 1. The molecular weight excluding hydrogens is 338 g/mol. The Balaban J connectivity index is 0.00000312. The maximum atomic E-state index is 10.1. The van der Waals surface area contributed by atoms with Gasteiger partial charge < -0.3 is 19.5 Å². The Kier molecular flexibility index (Phi) is 11.1. The third-order valence-corrected chi connectivity index (χ3v) is 4.84. The fraction of sp³-hybridized carbons (Fsp3) is 0.700. The summed E-state index contributed by atoms with van der Waals surface area (Å²) in [6.45, 7) is 4.20. The molecule has 1 aromatic rings. The maximum absolute atomic E-state index is 10.1. The van der Waals surface area contributed by atoms with Gasteiger partial charge in [-0.1, -0.05) is 38.3 Å². The average molecular weight is 372 g/mol. The van der Waals surface area contributed by atoms with Crippen LogP contribution in [0.3, 0.4) is 0 Å². The Morgan fingerprint density at radius 3 is 2.44 bits per heavy atom. The van der Waals surface area contributed by atoms with Crippen LogP contribution in [0.4, 0.5) is 0 Å². The van der Waals surface area contributed by atoms with Crippen molar-refractivity contribution in [3.05, 3.63) is 29.8 Å². The monoisotopic (exact) mass is 371 g/mol. The van der Waals surface area contributed by atoms with E-state index in [0.717, 1.165) is 12.2 Å². The van der Waals surface area contributed by atoms with Gasteiger partial charge in [-0.15, -0.1) is 12.4 Å². The standard InChI is InChI=1S/C20H33NO3.ClH/c1-3-17-9-11-20(12-10-17)24-14-13-23-16-19(22)15-21(2)18-7-5-4-6-8-18;/h9-12,18-19,22H,3-8,13-16H2,1-2H3;1H. The first-order chi connectivity index (χ1) is 11.7. The minimum atomic E-state index is -0.430. The summed E-state index contributed by atoms with van der Waals surface area (Å²) < 4.78 is 11.2. The van der Waals surface area contributed by atoms with Gasteiger partial charge in [-0.3, -0.25) is 0 Å². The zero-order chi connectivity index (χ0) is 17.2. The molecule has 0 aliphatic heterocycles. The second kappa shape index (κ2) is 12.5. The van der Waals surface area contributed by atoms with Gasteiger partial charge in [0.25, 0.3) is 0 Å². The van der Waals surface area contributed by atoms with Crippen molar-refractivity contribution in [1.82, 2.24) is 4.90 Å². The fourth-order valence-electron chi connectivity index (χ4n) is 3.32. The predicted octanol–water partition coefficient (Wildman–Crippen LogP) is 3.69. The van der Waals surface area contributed by atoms with Crippen molar-refractivity contribution in [3.63, 3.8) is 0 Å². The zero-order valence-electron chi connectivity index (χ0n) is 15.7. The van der Waals surface area contributed by atoms with Crippen LogP contribution in [-0.4, -0.2) is 55.6 Å². The van der Waals surface area contributed by atoms with Gasteiger partial charge in [-0.25, -0.2) is 0 Å². The second-order valence-electron chi connectivity index (χ2n) is 6.81. The van der Waals surface area contributed by atoms with Crippen LogP contribution in [0.25, 0.3) is 0 Å². The summed E-state index contributed by atoms with van der Waals surface area (Å²) in [5.74, 6) is 0.869. The Morgan fingerprint density at radius 1 is 1.12 bits per heavy atom. The molecule has 1 fully saturated rings. The number of aliphatic hydroxyl groups excluding tert-OH is 1. The van der Waals surface area contributed by atoms with Crippen LogP contribution in [0.1, 0.15) is 44.6 Å². The number of aryl methyl sites for hydroxylation is 1. The fourth-order valence-corrected chi connectivity index (χ4v) is 3.32. The Labute approximate surface area is 158 Å². The quantitative estimate of drug-likeness (QED) is 0.637. The molecule has 25 heavy (non-hydrogen) atoms. The molecule has 1 aromatic carbocycles. The number of benzene rings is 1. The van der Waals surface area contributed by atoms with Crippen molar-refractivity contribution < 1.29 is 14.6 Å². The molecule has 0 aromatic heterocycles. The third kappa shape index (κ3) is 8.41. The molecule has 1 aliphatic rings. The highest BCUT2D eigenvalue weighted by Gasteiger charge is 2.19. The van der Waals surface area contributed by atoms with Crippen molar-refractivity contribution in [2.75, 3.05) is 33.4 Å². The van der Waals surface area contributed by atoms with E-state index >= 15 is 0 Å². The Bertz CT molecular complexity index is 449. The number of nitrogens with zero attached hydrogens (tertiary/aromatic N) is 1. The number of hydrogen-bond acceptors (Lipinski definition) is 4. The second-order valence-corrected chi connectivity index (χ2v) is 6.81. The molecule has 4 nitrogen and oxygen atoms in total. The van der Waals surface area contributed by atoms with Gasteiger partial charge in [0.15, 0.2) is 0 Å². The van der Waals surface area contributed by atoms with Gasteiger partial charge in [-0.05, 0) is 44.0 Å². The molecule has 0 spiro atoms. The van der Waals surface area contributed by atoms with Crippen LogP contribution in [0, 0.1) is 0 Å². The summed E-state index contributed by atoms with van der Waals surface area (Å²) in [4.78, 5) is 2.29. The molecule has 0 amide bonds. The average Bonchev–Trinajstić information content (AvgIpc) is 2.62. The molecule has 0 bridgehead atoms. The topological polar surface area (TPSA) is 41.9 Å². The summed E-state index contributed by atoms with van der Waals surface area (Å²) in [5, 5.41) is 10.1.